The van der Waals surface area contributed by atoms with Crippen LogP contribution < -0.4 is 15.9 Å². The van der Waals surface area contributed by atoms with E-state index in [0.717, 1.165) is 0 Å². The van der Waals surface area contributed by atoms with Crippen molar-refractivity contribution in [3.8, 4) is 0 Å². The van der Waals surface area contributed by atoms with E-state index in [1.165, 1.54) is 15.9 Å². The molecule has 3 heteroatoms. The molecule has 0 saturated heterocycles. The third-order valence-electron chi connectivity index (χ3n) is 4.17. The van der Waals surface area contributed by atoms with Crippen molar-refractivity contribution in [2.75, 3.05) is 6.35 Å². The molecule has 2 nitrogen and oxygen atoms in total. The third kappa shape index (κ3) is 3.04. The van der Waals surface area contributed by atoms with E-state index in [1.807, 2.05) is 54.6 Å². The molecule has 0 aliphatic heterocycles. The normalized spacial score (nSPS) is 11.7. The molecular weight excluding hydrogens is 303 g/mol. The van der Waals surface area contributed by atoms with Gasteiger partial charge in [-0.25, -0.2) is 0 Å². The molecule has 0 aliphatic carbocycles. The molecule has 0 fully saturated rings. The molecular formula is C20H19O2P. The van der Waals surface area contributed by atoms with Crippen LogP contribution in [0.15, 0.2) is 91.0 Å². The summed E-state index contributed by atoms with van der Waals surface area (Å²) in [6, 6.07) is 31.1. The molecule has 0 aliphatic rings. The van der Waals surface area contributed by atoms with Crippen LogP contribution >= 0.6 is 7.26 Å². The summed E-state index contributed by atoms with van der Waals surface area (Å²) < 4.78 is 5.34. The zero-order valence-electron chi connectivity index (χ0n) is 12.8. The van der Waals surface area contributed by atoms with Crippen molar-refractivity contribution in [2.24, 2.45) is 0 Å². The van der Waals surface area contributed by atoms with Crippen LogP contribution in [0, 0.1) is 0 Å². The molecule has 0 unspecified atom stereocenters. The fourth-order valence-electron chi connectivity index (χ4n) is 3.08. The van der Waals surface area contributed by atoms with Crippen molar-refractivity contribution in [1.82, 2.24) is 0 Å². The molecule has 0 aromatic heterocycles. The van der Waals surface area contributed by atoms with Gasteiger partial charge in [-0.1, -0.05) is 0 Å². The summed E-state index contributed by atoms with van der Waals surface area (Å²) in [6.45, 7) is 0.552. The van der Waals surface area contributed by atoms with Crippen LogP contribution in [-0.4, -0.2) is 12.8 Å². The maximum absolute atomic E-state index is 10.9. The molecule has 0 spiro atoms. The molecule has 0 bridgehead atoms. The molecule has 3 rings (SSSR count). The Hall–Kier alpha value is -2.44. The topological polar surface area (TPSA) is 26.3 Å². The van der Waals surface area contributed by atoms with Crippen molar-refractivity contribution in [3.63, 3.8) is 0 Å². The molecule has 116 valence electrons. The molecule has 0 saturated carbocycles. The standard InChI is InChI=1S/C20H19O2P/c21-16-22-17-23(18-10-4-1-5-11-18,19-12-6-2-7-13-19)20-14-8-3-9-15-20/h1-16,23H,17H2. The molecule has 0 N–H and O–H groups in total. The SMILES string of the molecule is O=COC[PH](c1ccccc1)(c1ccccc1)c1ccccc1. The summed E-state index contributed by atoms with van der Waals surface area (Å²) >= 11 is 0. The van der Waals surface area contributed by atoms with Gasteiger partial charge in [-0.05, 0) is 0 Å². The molecule has 0 radical (unpaired) electrons. The van der Waals surface area contributed by atoms with Gasteiger partial charge in [0, 0.05) is 0 Å². The van der Waals surface area contributed by atoms with E-state index < -0.39 is 7.26 Å². The van der Waals surface area contributed by atoms with Gasteiger partial charge in [0.2, 0.25) is 0 Å². The van der Waals surface area contributed by atoms with Gasteiger partial charge >= 0.3 is 137 Å². The van der Waals surface area contributed by atoms with E-state index in [4.69, 9.17) is 4.74 Å². The van der Waals surface area contributed by atoms with E-state index in [1.54, 1.807) is 0 Å². The van der Waals surface area contributed by atoms with Gasteiger partial charge in [-0.15, -0.1) is 0 Å². The Morgan fingerprint density at radius 3 is 1.30 bits per heavy atom. The van der Waals surface area contributed by atoms with Crippen molar-refractivity contribution in [3.05, 3.63) is 91.0 Å². The van der Waals surface area contributed by atoms with E-state index in [2.05, 4.69) is 36.4 Å². The number of rotatable bonds is 6. The Morgan fingerprint density at radius 2 is 1.00 bits per heavy atom. The van der Waals surface area contributed by atoms with Crippen molar-refractivity contribution < 1.29 is 9.53 Å². The van der Waals surface area contributed by atoms with Crippen LogP contribution in [0.4, 0.5) is 0 Å². The first-order chi connectivity index (χ1) is 11.4. The predicted octanol–water partition coefficient (Wildman–Crippen LogP) is 2.84. The van der Waals surface area contributed by atoms with Crippen LogP contribution in [0.2, 0.25) is 0 Å². The summed E-state index contributed by atoms with van der Waals surface area (Å²) in [4.78, 5) is 10.9. The second kappa shape index (κ2) is 7.21. The summed E-state index contributed by atoms with van der Waals surface area (Å²) in [5.41, 5.74) is 0. The maximum atomic E-state index is 10.9. The Balaban J connectivity index is 2.27. The fourth-order valence-corrected chi connectivity index (χ4v) is 7.18. The Kier molecular flexibility index (Phi) is 4.85. The number of carbonyl (C=O) groups is 1. The number of ether oxygens (including phenoxy) is 1. The molecule has 3 aromatic carbocycles. The number of hydrogen-bond acceptors (Lipinski definition) is 2. The predicted molar refractivity (Wildman–Crippen MR) is 98.6 cm³/mol. The quantitative estimate of drug-likeness (QED) is 0.515. The Morgan fingerprint density at radius 1 is 0.652 bits per heavy atom. The summed E-state index contributed by atoms with van der Waals surface area (Å²) in [7, 11) is -2.40. The van der Waals surface area contributed by atoms with Gasteiger partial charge in [0.05, 0.1) is 0 Å². The van der Waals surface area contributed by atoms with Gasteiger partial charge in [-0.3, -0.25) is 0 Å². The Labute approximate surface area is 137 Å². The third-order valence-corrected chi connectivity index (χ3v) is 8.72. The van der Waals surface area contributed by atoms with E-state index in [0.29, 0.717) is 12.8 Å². The summed E-state index contributed by atoms with van der Waals surface area (Å²) in [5.74, 6) is 0. The number of carbonyl (C=O) groups excluding carboxylic acids is 1. The van der Waals surface area contributed by atoms with Crippen LogP contribution in [-0.2, 0) is 9.53 Å². The summed E-state index contributed by atoms with van der Waals surface area (Å²) in [6.07, 6.45) is 0.397. The fraction of sp³-hybridized carbons (Fsp3) is 0.0500. The average Bonchev–Trinajstić information content (AvgIpc) is 2.65. The zero-order chi connectivity index (χ0) is 16.0. The van der Waals surface area contributed by atoms with Crippen molar-refractivity contribution in [1.29, 1.82) is 0 Å². The molecule has 0 heterocycles. The zero-order valence-corrected chi connectivity index (χ0v) is 13.8. The van der Waals surface area contributed by atoms with E-state index in [9.17, 15) is 4.79 Å². The van der Waals surface area contributed by atoms with Gasteiger partial charge < -0.3 is 0 Å². The monoisotopic (exact) mass is 322 g/mol. The minimum absolute atomic E-state index is 0.397. The van der Waals surface area contributed by atoms with Gasteiger partial charge in [0.15, 0.2) is 0 Å². The number of benzene rings is 3. The van der Waals surface area contributed by atoms with Gasteiger partial charge in [0.1, 0.15) is 0 Å². The van der Waals surface area contributed by atoms with Crippen LogP contribution in [0.1, 0.15) is 0 Å². The minimum atomic E-state index is -2.40. The van der Waals surface area contributed by atoms with Crippen molar-refractivity contribution >= 4 is 29.6 Å². The molecule has 0 atom stereocenters. The van der Waals surface area contributed by atoms with Crippen LogP contribution in [0.25, 0.3) is 0 Å². The summed E-state index contributed by atoms with van der Waals surface area (Å²) in [5, 5.41) is 3.71. The van der Waals surface area contributed by atoms with E-state index >= 15 is 0 Å². The molecule has 23 heavy (non-hydrogen) atoms. The second-order valence-corrected chi connectivity index (χ2v) is 9.24. The first-order valence-electron chi connectivity index (χ1n) is 7.60. The first-order valence-corrected chi connectivity index (χ1v) is 9.80. The average molecular weight is 322 g/mol. The second-order valence-electron chi connectivity index (χ2n) is 5.41. The van der Waals surface area contributed by atoms with Gasteiger partial charge in [-0.2, -0.15) is 0 Å². The van der Waals surface area contributed by atoms with Crippen LogP contribution in [0.5, 0.6) is 0 Å². The first kappa shape index (κ1) is 15.5. The van der Waals surface area contributed by atoms with E-state index in [-0.39, 0.29) is 0 Å². The van der Waals surface area contributed by atoms with Gasteiger partial charge in [0.25, 0.3) is 0 Å². The van der Waals surface area contributed by atoms with Crippen molar-refractivity contribution in [2.45, 2.75) is 0 Å². The van der Waals surface area contributed by atoms with Crippen LogP contribution in [0.3, 0.4) is 0 Å². The number of hydrogen-bond donors (Lipinski definition) is 0. The molecule has 3 aromatic rings. The molecule has 0 amide bonds. The Bertz CT molecular complexity index is 646.